The number of nitrogens with zero attached hydrogens (tertiary/aromatic N) is 5. The van der Waals surface area contributed by atoms with Crippen molar-refractivity contribution in [1.82, 2.24) is 25.1 Å². The van der Waals surface area contributed by atoms with Gasteiger partial charge >= 0.3 is 6.18 Å². The van der Waals surface area contributed by atoms with Crippen molar-refractivity contribution in [1.29, 1.82) is 0 Å². The largest absolute Gasteiger partial charge is 0.417 e. The van der Waals surface area contributed by atoms with Crippen LogP contribution in [0.3, 0.4) is 0 Å². The Hall–Kier alpha value is -4.25. The first-order valence-corrected chi connectivity index (χ1v) is 14.1. The van der Waals surface area contributed by atoms with Crippen LogP contribution in [0.5, 0.6) is 0 Å². The summed E-state index contributed by atoms with van der Waals surface area (Å²) >= 11 is 0. The molecule has 1 aliphatic carbocycles. The van der Waals surface area contributed by atoms with Crippen LogP contribution in [0.25, 0.3) is 0 Å². The summed E-state index contributed by atoms with van der Waals surface area (Å²) in [6.45, 7) is 5.92. The maximum Gasteiger partial charge on any atom is 0.417 e. The Morgan fingerprint density at radius 1 is 0.952 bits per heavy atom. The predicted molar refractivity (Wildman–Crippen MR) is 154 cm³/mol. The first kappa shape index (κ1) is 27.9. The van der Waals surface area contributed by atoms with Gasteiger partial charge in [0.25, 0.3) is 0 Å². The molecule has 1 saturated heterocycles. The Morgan fingerprint density at radius 3 is 2.38 bits per heavy atom. The number of H-pyrrole nitrogens is 1. The Morgan fingerprint density at radius 2 is 1.67 bits per heavy atom. The molecule has 0 atom stereocenters. The van der Waals surface area contributed by atoms with Crippen molar-refractivity contribution in [2.75, 3.05) is 36.4 Å². The molecular weight excluding hydrogens is 543 g/mol. The van der Waals surface area contributed by atoms with Gasteiger partial charge < -0.3 is 10.2 Å². The second-order valence-electron chi connectivity index (χ2n) is 11.0. The van der Waals surface area contributed by atoms with Crippen LogP contribution < -0.4 is 10.2 Å². The maximum absolute atomic E-state index is 13.3. The minimum atomic E-state index is -4.57. The third-order valence-corrected chi connectivity index (χ3v) is 7.70. The van der Waals surface area contributed by atoms with Crippen LogP contribution in [0.15, 0.2) is 60.7 Å². The van der Waals surface area contributed by atoms with Crippen molar-refractivity contribution >= 4 is 23.4 Å². The molecule has 2 fully saturated rings. The molecule has 4 aromatic rings. The fourth-order valence-corrected chi connectivity index (χ4v) is 5.27. The van der Waals surface area contributed by atoms with Crippen LogP contribution in [0, 0.1) is 6.92 Å². The summed E-state index contributed by atoms with van der Waals surface area (Å²) in [6, 6.07) is 16.4. The lowest BCUT2D eigenvalue weighted by Crippen LogP contribution is -2.46. The van der Waals surface area contributed by atoms with Gasteiger partial charge in [-0.15, -0.1) is 0 Å². The number of piperazine rings is 1. The predicted octanol–water partition coefficient (Wildman–Crippen LogP) is 5.90. The SMILES string of the molecule is Cc1cc(Nc2cc(C3CC3)[nH]n2)nc(N2CCN(Cc3ccc(CC(=O)c4ccccc4C(F)(F)F)cc3)CC2)n1. The van der Waals surface area contributed by atoms with Crippen molar-refractivity contribution < 1.29 is 18.0 Å². The Balaban J connectivity index is 1.02. The summed E-state index contributed by atoms with van der Waals surface area (Å²) in [7, 11) is 0. The fourth-order valence-electron chi connectivity index (χ4n) is 5.27. The third kappa shape index (κ3) is 6.62. The molecule has 0 unspecified atom stereocenters. The first-order valence-electron chi connectivity index (χ1n) is 14.1. The van der Waals surface area contributed by atoms with Crippen LogP contribution in [0.4, 0.5) is 30.8 Å². The lowest BCUT2D eigenvalue weighted by molar-refractivity contribution is -0.137. The van der Waals surface area contributed by atoms with E-state index >= 15 is 0 Å². The molecule has 2 aliphatic rings. The van der Waals surface area contributed by atoms with Crippen molar-refractivity contribution in [3.05, 3.63) is 94.3 Å². The smallest absolute Gasteiger partial charge is 0.338 e. The number of Topliss-reactive ketones (excluding diaryl/α,β-unsaturated/α-hetero) is 1. The number of rotatable bonds is 9. The van der Waals surface area contributed by atoms with E-state index < -0.39 is 17.5 Å². The number of alkyl halides is 3. The summed E-state index contributed by atoms with van der Waals surface area (Å²) in [6.07, 6.45) is -2.23. The van der Waals surface area contributed by atoms with Crippen LogP contribution in [-0.4, -0.2) is 57.0 Å². The highest BCUT2D eigenvalue weighted by molar-refractivity contribution is 5.99. The van der Waals surface area contributed by atoms with Crippen molar-refractivity contribution in [3.63, 3.8) is 0 Å². The number of carbonyl (C=O) groups excluding carboxylic acids is 1. The van der Waals surface area contributed by atoms with Gasteiger partial charge in [-0.3, -0.25) is 14.8 Å². The minimum Gasteiger partial charge on any atom is -0.338 e. The molecule has 0 amide bonds. The van der Waals surface area contributed by atoms with Gasteiger partial charge in [-0.05, 0) is 37.0 Å². The number of nitrogens with one attached hydrogen (secondary N) is 2. The topological polar surface area (TPSA) is 90.0 Å². The zero-order valence-electron chi connectivity index (χ0n) is 23.3. The molecular formula is C31H32F3N7O. The van der Waals surface area contributed by atoms with E-state index in [2.05, 4.69) is 30.3 Å². The Bertz CT molecular complexity index is 1560. The number of halogens is 3. The van der Waals surface area contributed by atoms with Gasteiger partial charge in [0.05, 0.1) is 5.56 Å². The molecule has 1 saturated carbocycles. The molecule has 2 N–H and O–H groups in total. The second kappa shape index (κ2) is 11.6. The number of anilines is 3. The number of aryl methyl sites for hydroxylation is 1. The van der Waals surface area contributed by atoms with Gasteiger partial charge in [-0.25, -0.2) is 4.98 Å². The van der Waals surface area contributed by atoms with Gasteiger partial charge in [0.1, 0.15) is 5.82 Å². The quantitative estimate of drug-likeness (QED) is 0.240. The van der Waals surface area contributed by atoms with E-state index in [0.29, 0.717) is 23.2 Å². The number of ketones is 1. The zero-order valence-corrected chi connectivity index (χ0v) is 23.3. The molecule has 0 bridgehead atoms. The van der Waals surface area contributed by atoms with E-state index in [9.17, 15) is 18.0 Å². The molecule has 42 heavy (non-hydrogen) atoms. The van der Waals surface area contributed by atoms with Crippen molar-refractivity contribution in [3.8, 4) is 0 Å². The average Bonchev–Trinajstić information content (AvgIpc) is 3.72. The van der Waals surface area contributed by atoms with Gasteiger partial charge in [0.2, 0.25) is 5.95 Å². The molecule has 0 radical (unpaired) electrons. The van der Waals surface area contributed by atoms with E-state index in [1.165, 1.54) is 31.0 Å². The number of benzene rings is 2. The highest BCUT2D eigenvalue weighted by Gasteiger charge is 2.34. The lowest BCUT2D eigenvalue weighted by Gasteiger charge is -2.35. The third-order valence-electron chi connectivity index (χ3n) is 7.70. The van der Waals surface area contributed by atoms with Crippen LogP contribution in [-0.2, 0) is 19.1 Å². The number of aromatic nitrogens is 4. The van der Waals surface area contributed by atoms with E-state index in [4.69, 9.17) is 4.98 Å². The molecule has 0 spiro atoms. The molecule has 8 nitrogen and oxygen atoms in total. The molecule has 2 aromatic carbocycles. The summed E-state index contributed by atoms with van der Waals surface area (Å²) in [5, 5.41) is 10.8. The Kier molecular flexibility index (Phi) is 7.68. The number of carbonyl (C=O) groups is 1. The highest BCUT2D eigenvalue weighted by atomic mass is 19.4. The summed E-state index contributed by atoms with van der Waals surface area (Å²) < 4.78 is 39.9. The van der Waals surface area contributed by atoms with Crippen LogP contribution in [0.2, 0.25) is 0 Å². The van der Waals surface area contributed by atoms with Crippen molar-refractivity contribution in [2.24, 2.45) is 0 Å². The monoisotopic (exact) mass is 575 g/mol. The van der Waals surface area contributed by atoms with E-state index in [0.717, 1.165) is 61.6 Å². The minimum absolute atomic E-state index is 0.0821. The summed E-state index contributed by atoms with van der Waals surface area (Å²) in [4.78, 5) is 26.6. The number of aromatic amines is 1. The number of hydrogen-bond donors (Lipinski definition) is 2. The first-order chi connectivity index (χ1) is 20.2. The molecule has 6 rings (SSSR count). The maximum atomic E-state index is 13.3. The van der Waals surface area contributed by atoms with Gasteiger partial charge in [0, 0.05) is 74.1 Å². The standard InChI is InChI=1S/C31H32F3N7O/c1-20-16-28(36-29-18-26(38-39-29)23-10-11-23)37-30(35-20)41-14-12-40(13-15-41)19-22-8-6-21(7-9-22)17-27(42)24-4-2-3-5-25(24)31(32,33)34/h2-9,16,18,23H,10-15,17,19H2,1H3,(H2,35,36,37,38,39). The number of hydrogen-bond acceptors (Lipinski definition) is 7. The molecule has 218 valence electrons. The van der Waals surface area contributed by atoms with E-state index in [1.54, 1.807) is 0 Å². The summed E-state index contributed by atoms with van der Waals surface area (Å²) in [5.41, 5.74) is 2.62. The van der Waals surface area contributed by atoms with E-state index in [1.807, 2.05) is 43.3 Å². The normalized spacial score (nSPS) is 16.0. The lowest BCUT2D eigenvalue weighted by atomic mass is 9.97. The average molecular weight is 576 g/mol. The molecule has 1 aliphatic heterocycles. The zero-order chi connectivity index (χ0) is 29.3. The summed E-state index contributed by atoms with van der Waals surface area (Å²) in [5.74, 6) is 2.22. The van der Waals surface area contributed by atoms with Crippen LogP contribution >= 0.6 is 0 Å². The molecule has 3 heterocycles. The van der Waals surface area contributed by atoms with Gasteiger partial charge in [0.15, 0.2) is 11.6 Å². The van der Waals surface area contributed by atoms with Gasteiger partial charge in [-0.2, -0.15) is 23.3 Å². The van der Waals surface area contributed by atoms with Gasteiger partial charge in [-0.1, -0.05) is 42.5 Å². The highest BCUT2D eigenvalue weighted by Crippen LogP contribution is 2.39. The second-order valence-corrected chi connectivity index (χ2v) is 11.0. The fraction of sp³-hybridized carbons (Fsp3) is 0.355. The van der Waals surface area contributed by atoms with Crippen LogP contribution in [0.1, 0.15) is 57.2 Å². The molecule has 11 heteroatoms. The molecule has 2 aromatic heterocycles. The van der Waals surface area contributed by atoms with E-state index in [-0.39, 0.29) is 12.0 Å². The van der Waals surface area contributed by atoms with Crippen molar-refractivity contribution in [2.45, 2.75) is 44.8 Å². The Labute approximate surface area is 242 Å².